The molecule has 1 aromatic rings. The van der Waals surface area contributed by atoms with Crippen LogP contribution in [-0.4, -0.2) is 42.3 Å². The summed E-state index contributed by atoms with van der Waals surface area (Å²) in [6, 6.07) is 4.08. The van der Waals surface area contributed by atoms with Crippen molar-refractivity contribution in [2.24, 2.45) is 5.92 Å². The van der Waals surface area contributed by atoms with E-state index in [1.165, 1.54) is 12.1 Å². The third kappa shape index (κ3) is 3.96. The van der Waals surface area contributed by atoms with Crippen molar-refractivity contribution >= 4 is 12.4 Å². The van der Waals surface area contributed by atoms with Crippen LogP contribution in [-0.2, 0) is 0 Å². The molecule has 0 radical (unpaired) electrons. The number of benzene rings is 1. The Morgan fingerprint density at radius 3 is 2.59 bits per heavy atom. The number of hydrogen-bond acceptors (Lipinski definition) is 3. The van der Waals surface area contributed by atoms with Crippen LogP contribution in [0.25, 0.3) is 0 Å². The molecule has 0 bridgehead atoms. The van der Waals surface area contributed by atoms with Crippen molar-refractivity contribution in [2.75, 3.05) is 26.2 Å². The highest BCUT2D eigenvalue weighted by molar-refractivity contribution is 5.85. The summed E-state index contributed by atoms with van der Waals surface area (Å²) in [5.41, 5.74) is 0.763. The summed E-state index contributed by atoms with van der Waals surface area (Å²) in [4.78, 5) is 2.23. The van der Waals surface area contributed by atoms with E-state index in [4.69, 9.17) is 0 Å². The molecule has 2 fully saturated rings. The van der Waals surface area contributed by atoms with E-state index in [-0.39, 0.29) is 24.6 Å². The highest BCUT2D eigenvalue weighted by Gasteiger charge is 2.33. The number of likely N-dealkylation sites (tertiary alicyclic amines) is 1. The Morgan fingerprint density at radius 1 is 1.18 bits per heavy atom. The normalized spacial score (nSPS) is 26.9. The molecular weight excluding hydrogens is 310 g/mol. The number of halogens is 3. The molecule has 124 valence electrons. The highest BCUT2D eigenvalue weighted by atomic mass is 35.5. The molecule has 0 aliphatic carbocycles. The minimum Gasteiger partial charge on any atom is -0.392 e. The summed E-state index contributed by atoms with van der Waals surface area (Å²) in [7, 11) is 0. The van der Waals surface area contributed by atoms with Crippen molar-refractivity contribution in [3.63, 3.8) is 0 Å². The average Bonchev–Trinajstić information content (AvgIpc) is 2.84. The predicted octanol–water partition coefficient (Wildman–Crippen LogP) is 2.49. The van der Waals surface area contributed by atoms with Gasteiger partial charge in [0.1, 0.15) is 0 Å². The smallest absolute Gasteiger partial charge is 0.159 e. The van der Waals surface area contributed by atoms with Gasteiger partial charge in [0.25, 0.3) is 0 Å². The predicted molar refractivity (Wildman–Crippen MR) is 84.1 cm³/mol. The van der Waals surface area contributed by atoms with Crippen molar-refractivity contribution in [1.29, 1.82) is 0 Å². The Morgan fingerprint density at radius 2 is 1.91 bits per heavy atom. The summed E-state index contributed by atoms with van der Waals surface area (Å²) < 4.78 is 26.5. The van der Waals surface area contributed by atoms with E-state index >= 15 is 0 Å². The maximum Gasteiger partial charge on any atom is 0.159 e. The molecule has 2 heterocycles. The summed E-state index contributed by atoms with van der Waals surface area (Å²) in [6.07, 6.45) is 2.48. The van der Waals surface area contributed by atoms with Gasteiger partial charge in [0.2, 0.25) is 0 Å². The molecule has 2 saturated heterocycles. The van der Waals surface area contributed by atoms with Crippen LogP contribution < -0.4 is 5.32 Å². The zero-order valence-corrected chi connectivity index (χ0v) is 13.3. The Kier molecular flexibility index (Phi) is 6.15. The molecule has 0 aromatic heterocycles. The SMILES string of the molecule is Cl.OC1CC(c2ccc(F)c(F)c2)N(CC2CCNCC2)C1. The molecule has 0 amide bonds. The summed E-state index contributed by atoms with van der Waals surface area (Å²) in [6.45, 7) is 3.61. The van der Waals surface area contributed by atoms with Crippen molar-refractivity contribution in [1.82, 2.24) is 10.2 Å². The van der Waals surface area contributed by atoms with Crippen molar-refractivity contribution in [3.05, 3.63) is 35.4 Å². The van der Waals surface area contributed by atoms with Gasteiger partial charge in [-0.15, -0.1) is 12.4 Å². The second-order valence-corrected chi connectivity index (χ2v) is 6.23. The van der Waals surface area contributed by atoms with E-state index in [0.717, 1.165) is 38.0 Å². The summed E-state index contributed by atoms with van der Waals surface area (Å²) in [5.74, 6) is -1.01. The number of piperidine rings is 1. The molecular formula is C16H23ClF2N2O. The van der Waals surface area contributed by atoms with Gasteiger partial charge in [0.15, 0.2) is 11.6 Å². The zero-order valence-electron chi connectivity index (χ0n) is 12.5. The third-order valence-electron chi connectivity index (χ3n) is 4.66. The maximum absolute atomic E-state index is 13.5. The fraction of sp³-hybridized carbons (Fsp3) is 0.625. The van der Waals surface area contributed by atoms with E-state index in [1.54, 1.807) is 6.07 Å². The van der Waals surface area contributed by atoms with Crippen LogP contribution in [0.2, 0.25) is 0 Å². The lowest BCUT2D eigenvalue weighted by molar-refractivity contribution is 0.157. The Balaban J connectivity index is 0.00000176. The fourth-order valence-electron chi connectivity index (χ4n) is 3.54. The van der Waals surface area contributed by atoms with Gasteiger partial charge in [-0.25, -0.2) is 8.78 Å². The fourth-order valence-corrected chi connectivity index (χ4v) is 3.54. The molecule has 0 spiro atoms. The number of aliphatic hydroxyl groups is 1. The van der Waals surface area contributed by atoms with E-state index in [1.807, 2.05) is 0 Å². The Bertz CT molecular complexity index is 497. The lowest BCUT2D eigenvalue weighted by Crippen LogP contribution is -2.36. The summed E-state index contributed by atoms with van der Waals surface area (Å²) in [5, 5.41) is 13.3. The van der Waals surface area contributed by atoms with Gasteiger partial charge in [-0.1, -0.05) is 6.07 Å². The van der Waals surface area contributed by atoms with Gasteiger partial charge in [-0.05, 0) is 56.0 Å². The number of aliphatic hydroxyl groups excluding tert-OH is 1. The van der Waals surface area contributed by atoms with E-state index < -0.39 is 11.6 Å². The van der Waals surface area contributed by atoms with Crippen LogP contribution in [0.15, 0.2) is 18.2 Å². The van der Waals surface area contributed by atoms with Crippen LogP contribution >= 0.6 is 12.4 Å². The van der Waals surface area contributed by atoms with Crippen LogP contribution in [0, 0.1) is 17.6 Å². The molecule has 2 aliphatic rings. The molecule has 2 unspecified atom stereocenters. The number of nitrogens with one attached hydrogen (secondary N) is 1. The topological polar surface area (TPSA) is 35.5 Å². The average molecular weight is 333 g/mol. The highest BCUT2D eigenvalue weighted by Crippen LogP contribution is 2.34. The lowest BCUT2D eigenvalue weighted by Gasteiger charge is -2.31. The van der Waals surface area contributed by atoms with Crippen LogP contribution in [0.3, 0.4) is 0 Å². The van der Waals surface area contributed by atoms with Crippen LogP contribution in [0.1, 0.15) is 30.9 Å². The first-order chi connectivity index (χ1) is 10.1. The van der Waals surface area contributed by atoms with Gasteiger partial charge in [0.05, 0.1) is 6.10 Å². The summed E-state index contributed by atoms with van der Waals surface area (Å²) >= 11 is 0. The zero-order chi connectivity index (χ0) is 14.8. The first kappa shape index (κ1) is 17.6. The molecule has 3 nitrogen and oxygen atoms in total. The van der Waals surface area contributed by atoms with Gasteiger partial charge >= 0.3 is 0 Å². The van der Waals surface area contributed by atoms with Gasteiger partial charge in [0, 0.05) is 19.1 Å². The molecule has 2 aliphatic heterocycles. The minimum absolute atomic E-state index is 0. The van der Waals surface area contributed by atoms with Crippen molar-refractivity contribution < 1.29 is 13.9 Å². The molecule has 1 aromatic carbocycles. The number of rotatable bonds is 3. The molecule has 22 heavy (non-hydrogen) atoms. The van der Waals surface area contributed by atoms with Gasteiger partial charge in [-0.2, -0.15) is 0 Å². The molecule has 3 rings (SSSR count). The van der Waals surface area contributed by atoms with Gasteiger partial charge in [-0.3, -0.25) is 4.90 Å². The second kappa shape index (κ2) is 7.68. The molecule has 0 saturated carbocycles. The number of β-amino-alcohol motifs (C(OH)–C–C–N with tert-alkyl or cyclic N) is 1. The lowest BCUT2D eigenvalue weighted by atomic mass is 9.96. The number of nitrogens with zero attached hydrogens (tertiary/aromatic N) is 1. The number of hydrogen-bond donors (Lipinski definition) is 2. The first-order valence-electron chi connectivity index (χ1n) is 7.71. The monoisotopic (exact) mass is 332 g/mol. The molecule has 6 heteroatoms. The maximum atomic E-state index is 13.5. The second-order valence-electron chi connectivity index (χ2n) is 6.23. The Labute approximate surface area is 136 Å². The van der Waals surface area contributed by atoms with E-state index in [0.29, 0.717) is 18.9 Å². The van der Waals surface area contributed by atoms with Crippen LogP contribution in [0.4, 0.5) is 8.78 Å². The minimum atomic E-state index is -0.817. The van der Waals surface area contributed by atoms with Crippen molar-refractivity contribution in [2.45, 2.75) is 31.4 Å². The standard InChI is InChI=1S/C16H22F2N2O.ClH/c17-14-2-1-12(7-15(14)18)16-8-13(21)10-20(16)9-11-3-5-19-6-4-11;/h1-2,7,11,13,16,19,21H,3-6,8-10H2;1H. The first-order valence-corrected chi connectivity index (χ1v) is 7.71. The molecule has 2 N–H and O–H groups in total. The van der Waals surface area contributed by atoms with Crippen molar-refractivity contribution in [3.8, 4) is 0 Å². The van der Waals surface area contributed by atoms with E-state index in [9.17, 15) is 13.9 Å². The Hall–Kier alpha value is -0.750. The third-order valence-corrected chi connectivity index (χ3v) is 4.66. The van der Waals surface area contributed by atoms with Gasteiger partial charge < -0.3 is 10.4 Å². The largest absolute Gasteiger partial charge is 0.392 e. The quantitative estimate of drug-likeness (QED) is 0.892. The van der Waals surface area contributed by atoms with Crippen LogP contribution in [0.5, 0.6) is 0 Å². The van der Waals surface area contributed by atoms with E-state index in [2.05, 4.69) is 10.2 Å². The molecule has 2 atom stereocenters.